The van der Waals surface area contributed by atoms with Crippen LogP contribution in [0.1, 0.15) is 33.2 Å². The number of halogens is 1. The molecule has 156 valence electrons. The molecular formula is C20H26ClN5O3. The number of carbonyl (C=O) groups is 2. The molecule has 2 aromatic rings. The molecule has 3 atom stereocenters. The zero-order chi connectivity index (χ0) is 21.3. The van der Waals surface area contributed by atoms with Crippen molar-refractivity contribution < 1.29 is 14.7 Å². The number of aliphatic hydroxyl groups excluding tert-OH is 1. The van der Waals surface area contributed by atoms with E-state index >= 15 is 0 Å². The standard InChI is InChI=1S/C20H26ClN5O3/c1-20(2,3)17(19(29)25-10-12(27)9-16(25)18(28)22-4)26-11-15(23-24-26)13-7-5-6-8-14(13)21/h5-8,11-12,16-17,27H,9-10H2,1-4H3,(H,22,28)/t12?,16-,17?/m1/s1. The van der Waals surface area contributed by atoms with Crippen molar-refractivity contribution in [1.82, 2.24) is 25.2 Å². The van der Waals surface area contributed by atoms with Gasteiger partial charge in [0.05, 0.1) is 17.3 Å². The molecule has 1 aromatic heterocycles. The Morgan fingerprint density at radius 1 is 1.31 bits per heavy atom. The maximum atomic E-state index is 13.5. The molecule has 1 fully saturated rings. The van der Waals surface area contributed by atoms with Crippen molar-refractivity contribution in [3.63, 3.8) is 0 Å². The maximum absolute atomic E-state index is 13.5. The number of aromatic nitrogens is 3. The number of amides is 2. The number of carbonyl (C=O) groups excluding carboxylic acids is 2. The summed E-state index contributed by atoms with van der Waals surface area (Å²) in [7, 11) is 1.52. The Hall–Kier alpha value is -2.45. The lowest BCUT2D eigenvalue weighted by molar-refractivity contribution is -0.144. The second-order valence-electron chi connectivity index (χ2n) is 8.34. The summed E-state index contributed by atoms with van der Waals surface area (Å²) in [6, 6.07) is 5.87. The van der Waals surface area contributed by atoms with Crippen LogP contribution in [0.25, 0.3) is 11.3 Å². The predicted molar refractivity (Wildman–Crippen MR) is 109 cm³/mol. The molecule has 1 aliphatic rings. The van der Waals surface area contributed by atoms with E-state index in [9.17, 15) is 14.7 Å². The van der Waals surface area contributed by atoms with E-state index in [-0.39, 0.29) is 24.8 Å². The van der Waals surface area contributed by atoms with Gasteiger partial charge in [0.1, 0.15) is 17.8 Å². The number of likely N-dealkylation sites (N-methyl/N-ethyl adjacent to an activating group) is 1. The fraction of sp³-hybridized carbons (Fsp3) is 0.500. The molecule has 2 N–H and O–H groups in total. The molecule has 1 aromatic carbocycles. The summed E-state index contributed by atoms with van der Waals surface area (Å²) in [6.07, 6.45) is 1.16. The molecule has 9 heteroatoms. The number of benzene rings is 1. The predicted octanol–water partition coefficient (Wildman–Crippen LogP) is 1.89. The van der Waals surface area contributed by atoms with Crippen LogP contribution >= 0.6 is 11.6 Å². The number of rotatable bonds is 4. The molecule has 1 aliphatic heterocycles. The quantitative estimate of drug-likeness (QED) is 0.788. The van der Waals surface area contributed by atoms with Crippen LogP contribution in [-0.4, -0.2) is 62.6 Å². The third-order valence-electron chi connectivity index (χ3n) is 5.09. The first-order valence-electron chi connectivity index (χ1n) is 9.50. The lowest BCUT2D eigenvalue weighted by Crippen LogP contribution is -2.49. The molecule has 2 unspecified atom stereocenters. The van der Waals surface area contributed by atoms with Crippen LogP contribution in [0.3, 0.4) is 0 Å². The van der Waals surface area contributed by atoms with Gasteiger partial charge >= 0.3 is 0 Å². The molecule has 0 bridgehead atoms. The minimum atomic E-state index is -0.740. The van der Waals surface area contributed by atoms with Crippen molar-refractivity contribution >= 4 is 23.4 Å². The molecule has 0 saturated carbocycles. The monoisotopic (exact) mass is 419 g/mol. The summed E-state index contributed by atoms with van der Waals surface area (Å²) in [5.74, 6) is -0.573. The Kier molecular flexibility index (Phi) is 5.95. The smallest absolute Gasteiger partial charge is 0.248 e. The Balaban J connectivity index is 1.96. The number of nitrogens with zero attached hydrogens (tertiary/aromatic N) is 4. The van der Waals surface area contributed by atoms with Gasteiger partial charge in [-0.2, -0.15) is 0 Å². The van der Waals surface area contributed by atoms with Crippen molar-refractivity contribution in [3.05, 3.63) is 35.5 Å². The molecule has 2 heterocycles. The molecule has 3 rings (SSSR count). The average Bonchev–Trinajstić information content (AvgIpc) is 3.27. The van der Waals surface area contributed by atoms with Crippen molar-refractivity contribution in [3.8, 4) is 11.3 Å². The molecule has 8 nitrogen and oxygen atoms in total. The first-order valence-corrected chi connectivity index (χ1v) is 9.88. The van der Waals surface area contributed by atoms with Crippen LogP contribution < -0.4 is 5.32 Å². The third-order valence-corrected chi connectivity index (χ3v) is 5.42. The second-order valence-corrected chi connectivity index (χ2v) is 8.75. The van der Waals surface area contributed by atoms with Gasteiger partial charge in [-0.05, 0) is 11.5 Å². The lowest BCUT2D eigenvalue weighted by atomic mass is 9.85. The van der Waals surface area contributed by atoms with E-state index in [1.165, 1.54) is 16.6 Å². The Bertz CT molecular complexity index is 908. The largest absolute Gasteiger partial charge is 0.391 e. The molecule has 29 heavy (non-hydrogen) atoms. The highest BCUT2D eigenvalue weighted by Crippen LogP contribution is 2.35. The normalized spacial score (nSPS) is 20.6. The van der Waals surface area contributed by atoms with Crippen LogP contribution in [0.15, 0.2) is 30.5 Å². The molecule has 2 amide bonds. The van der Waals surface area contributed by atoms with Crippen molar-refractivity contribution in [2.24, 2.45) is 5.41 Å². The minimum absolute atomic E-state index is 0.107. The van der Waals surface area contributed by atoms with Gasteiger partial charge in [-0.3, -0.25) is 9.59 Å². The lowest BCUT2D eigenvalue weighted by Gasteiger charge is -2.34. The number of nitrogens with one attached hydrogen (secondary N) is 1. The minimum Gasteiger partial charge on any atom is -0.391 e. The van der Waals surface area contributed by atoms with Gasteiger partial charge in [0.25, 0.3) is 0 Å². The van der Waals surface area contributed by atoms with Gasteiger partial charge in [-0.1, -0.05) is 55.8 Å². The molecule has 0 radical (unpaired) electrons. The first-order chi connectivity index (χ1) is 13.6. The van der Waals surface area contributed by atoms with Crippen molar-refractivity contribution in [1.29, 1.82) is 0 Å². The van der Waals surface area contributed by atoms with E-state index in [0.29, 0.717) is 10.7 Å². The number of hydrogen-bond acceptors (Lipinski definition) is 5. The van der Waals surface area contributed by atoms with Crippen LogP contribution in [0, 0.1) is 5.41 Å². The zero-order valence-corrected chi connectivity index (χ0v) is 17.7. The fourth-order valence-corrected chi connectivity index (χ4v) is 3.94. The Morgan fingerprint density at radius 3 is 2.62 bits per heavy atom. The average molecular weight is 420 g/mol. The summed E-state index contributed by atoms with van der Waals surface area (Å²) in [5, 5.41) is 21.6. The number of β-amino-alcohol motifs (C(OH)–C–C–N with tert-alkyl or cyclic N) is 1. The van der Waals surface area contributed by atoms with E-state index < -0.39 is 23.6 Å². The fourth-order valence-electron chi connectivity index (χ4n) is 3.71. The summed E-state index contributed by atoms with van der Waals surface area (Å²) >= 11 is 6.27. The van der Waals surface area contributed by atoms with Gasteiger partial charge in [0, 0.05) is 25.6 Å². The zero-order valence-electron chi connectivity index (χ0n) is 17.0. The highest BCUT2D eigenvalue weighted by Gasteiger charge is 2.45. The topological polar surface area (TPSA) is 100 Å². The number of likely N-dealkylation sites (tertiary alicyclic amines) is 1. The van der Waals surface area contributed by atoms with Gasteiger partial charge in [-0.15, -0.1) is 5.10 Å². The number of aliphatic hydroxyl groups is 1. The summed E-state index contributed by atoms with van der Waals surface area (Å²) < 4.78 is 1.52. The molecular weight excluding hydrogens is 394 g/mol. The van der Waals surface area contributed by atoms with Gasteiger partial charge in [0.15, 0.2) is 0 Å². The first kappa shape index (κ1) is 21.3. The van der Waals surface area contributed by atoms with Gasteiger partial charge in [-0.25, -0.2) is 4.68 Å². The van der Waals surface area contributed by atoms with Crippen molar-refractivity contribution in [2.75, 3.05) is 13.6 Å². The third kappa shape index (κ3) is 4.28. The summed E-state index contributed by atoms with van der Waals surface area (Å²) in [6.45, 7) is 5.88. The van der Waals surface area contributed by atoms with Crippen LogP contribution in [0.5, 0.6) is 0 Å². The SMILES string of the molecule is CNC(=O)[C@H]1CC(O)CN1C(=O)C(n1cc(-c2ccccc2Cl)nn1)C(C)(C)C. The number of hydrogen-bond donors (Lipinski definition) is 2. The van der Waals surface area contributed by atoms with Crippen LogP contribution in [-0.2, 0) is 9.59 Å². The van der Waals surface area contributed by atoms with Crippen LogP contribution in [0.2, 0.25) is 5.02 Å². The highest BCUT2D eigenvalue weighted by molar-refractivity contribution is 6.33. The van der Waals surface area contributed by atoms with E-state index in [1.807, 2.05) is 39.0 Å². The Labute approximate surface area is 174 Å². The van der Waals surface area contributed by atoms with E-state index in [4.69, 9.17) is 11.6 Å². The van der Waals surface area contributed by atoms with E-state index in [0.717, 1.165) is 5.56 Å². The van der Waals surface area contributed by atoms with Crippen molar-refractivity contribution in [2.45, 2.75) is 45.4 Å². The second kappa shape index (κ2) is 8.12. The molecule has 0 aliphatic carbocycles. The van der Waals surface area contributed by atoms with Gasteiger partial charge < -0.3 is 15.3 Å². The molecule has 0 spiro atoms. The van der Waals surface area contributed by atoms with Gasteiger partial charge in [0.2, 0.25) is 11.8 Å². The van der Waals surface area contributed by atoms with E-state index in [1.54, 1.807) is 12.3 Å². The summed E-state index contributed by atoms with van der Waals surface area (Å²) in [4.78, 5) is 27.2. The summed E-state index contributed by atoms with van der Waals surface area (Å²) in [5.41, 5.74) is 0.769. The Morgan fingerprint density at radius 2 is 2.00 bits per heavy atom. The molecule has 1 saturated heterocycles. The highest BCUT2D eigenvalue weighted by atomic mass is 35.5. The maximum Gasteiger partial charge on any atom is 0.248 e. The van der Waals surface area contributed by atoms with Crippen LogP contribution in [0.4, 0.5) is 0 Å². The van der Waals surface area contributed by atoms with E-state index in [2.05, 4.69) is 15.6 Å².